The van der Waals surface area contributed by atoms with Gasteiger partial charge in [0.1, 0.15) is 38.9 Å². The van der Waals surface area contributed by atoms with Crippen LogP contribution in [-0.2, 0) is 13.1 Å². The van der Waals surface area contributed by atoms with Crippen molar-refractivity contribution < 1.29 is 18.9 Å². The van der Waals surface area contributed by atoms with E-state index in [0.29, 0.717) is 57.8 Å². The predicted octanol–water partition coefficient (Wildman–Crippen LogP) is 4.61. The third-order valence-electron chi connectivity index (χ3n) is 5.55. The number of hydrogen-bond acceptors (Lipinski definition) is 9. The van der Waals surface area contributed by atoms with Gasteiger partial charge in [0, 0.05) is 41.7 Å². The summed E-state index contributed by atoms with van der Waals surface area (Å²) in [4.78, 5) is 6.86. The minimum atomic E-state index is 0.335. The molecule has 2 aromatic carbocycles. The van der Waals surface area contributed by atoms with Crippen LogP contribution in [0.3, 0.4) is 0 Å². The van der Waals surface area contributed by atoms with Gasteiger partial charge in [0.05, 0.1) is 28.4 Å². The number of benzene rings is 2. The van der Waals surface area contributed by atoms with Crippen LogP contribution in [0.4, 0.5) is 11.6 Å². The van der Waals surface area contributed by atoms with Gasteiger partial charge in [0.2, 0.25) is 0 Å². The van der Waals surface area contributed by atoms with Crippen molar-refractivity contribution in [1.29, 1.82) is 0 Å². The van der Waals surface area contributed by atoms with Crippen molar-refractivity contribution in [3.63, 3.8) is 0 Å². The molecule has 0 saturated carbocycles. The van der Waals surface area contributed by atoms with E-state index in [1.807, 2.05) is 42.5 Å². The van der Waals surface area contributed by atoms with E-state index >= 15 is 0 Å². The van der Waals surface area contributed by atoms with Gasteiger partial charge in [-0.05, 0) is 52.3 Å². The van der Waals surface area contributed by atoms with Gasteiger partial charge < -0.3 is 29.6 Å². The summed E-state index contributed by atoms with van der Waals surface area (Å²) in [6.07, 6.45) is 0. The van der Waals surface area contributed by atoms with Gasteiger partial charge in [-0.15, -0.1) is 10.2 Å². The lowest BCUT2D eigenvalue weighted by molar-refractivity contribution is 0.389. The van der Waals surface area contributed by atoms with E-state index in [1.165, 1.54) is 0 Å². The van der Waals surface area contributed by atoms with Crippen molar-refractivity contribution in [3.8, 4) is 23.0 Å². The molecule has 10 heteroatoms. The highest BCUT2D eigenvalue weighted by Gasteiger charge is 2.20. The number of anilines is 2. The number of rotatable bonds is 9. The number of fused-ring (bicyclic) bond motifs is 1. The molecule has 0 aliphatic carbocycles. The van der Waals surface area contributed by atoms with Crippen LogP contribution in [0.25, 0.3) is 10.9 Å². The Hall–Kier alpha value is -3.79. The number of nitrogens with two attached hydrogens (primary N) is 1. The van der Waals surface area contributed by atoms with Crippen LogP contribution in [-0.4, -0.2) is 43.6 Å². The SMILES string of the molecule is COc1ccc(CN(Cc2ccc(OC)cc2OC)c2nc(Br)cc3cc(N)nnc23)c(OC)c1. The molecular formula is C25H26BrN5O4. The van der Waals surface area contributed by atoms with Gasteiger partial charge in [-0.2, -0.15) is 0 Å². The molecule has 2 heterocycles. The molecule has 4 rings (SSSR count). The minimum absolute atomic E-state index is 0.335. The predicted molar refractivity (Wildman–Crippen MR) is 138 cm³/mol. The molecule has 0 saturated heterocycles. The minimum Gasteiger partial charge on any atom is -0.497 e. The number of nitrogen functional groups attached to an aromatic ring is 1. The Kier molecular flexibility index (Phi) is 7.40. The van der Waals surface area contributed by atoms with Crippen LogP contribution in [0.2, 0.25) is 0 Å². The maximum absolute atomic E-state index is 5.90. The van der Waals surface area contributed by atoms with Crippen LogP contribution < -0.4 is 29.6 Å². The smallest absolute Gasteiger partial charge is 0.159 e. The zero-order valence-electron chi connectivity index (χ0n) is 19.9. The second-order valence-electron chi connectivity index (χ2n) is 7.69. The summed E-state index contributed by atoms with van der Waals surface area (Å²) in [7, 11) is 6.52. The first kappa shape index (κ1) is 24.3. The molecule has 0 aliphatic rings. The van der Waals surface area contributed by atoms with Crippen molar-refractivity contribution >= 4 is 38.5 Å². The van der Waals surface area contributed by atoms with Crippen LogP contribution in [0.1, 0.15) is 11.1 Å². The molecule has 0 fully saturated rings. The van der Waals surface area contributed by atoms with Crippen molar-refractivity contribution in [1.82, 2.24) is 15.2 Å². The number of aromatic nitrogens is 3. The number of methoxy groups -OCH3 is 4. The number of pyridine rings is 1. The fourth-order valence-corrected chi connectivity index (χ4v) is 4.24. The number of ether oxygens (including phenoxy) is 4. The Morgan fingerprint density at radius 1 is 0.771 bits per heavy atom. The van der Waals surface area contributed by atoms with Gasteiger partial charge in [0.25, 0.3) is 0 Å². The van der Waals surface area contributed by atoms with Gasteiger partial charge in [-0.1, -0.05) is 0 Å². The molecule has 2 aromatic heterocycles. The van der Waals surface area contributed by atoms with Crippen molar-refractivity contribution in [2.75, 3.05) is 39.1 Å². The van der Waals surface area contributed by atoms with E-state index in [-0.39, 0.29) is 0 Å². The zero-order valence-corrected chi connectivity index (χ0v) is 21.5. The molecule has 35 heavy (non-hydrogen) atoms. The third kappa shape index (κ3) is 5.32. The fraction of sp³-hybridized carbons (Fsp3) is 0.240. The van der Waals surface area contributed by atoms with E-state index in [1.54, 1.807) is 34.5 Å². The molecule has 0 radical (unpaired) electrons. The first-order chi connectivity index (χ1) is 16.9. The number of hydrogen-bond donors (Lipinski definition) is 1. The van der Waals surface area contributed by atoms with Crippen LogP contribution in [0.5, 0.6) is 23.0 Å². The molecular weight excluding hydrogens is 514 g/mol. The second-order valence-corrected chi connectivity index (χ2v) is 8.50. The largest absolute Gasteiger partial charge is 0.497 e. The van der Waals surface area contributed by atoms with Crippen LogP contribution >= 0.6 is 15.9 Å². The Bertz CT molecular complexity index is 1290. The molecule has 0 amide bonds. The third-order valence-corrected chi connectivity index (χ3v) is 5.96. The van der Waals surface area contributed by atoms with E-state index in [2.05, 4.69) is 31.0 Å². The fourth-order valence-electron chi connectivity index (χ4n) is 3.82. The van der Waals surface area contributed by atoms with E-state index in [9.17, 15) is 0 Å². The lowest BCUT2D eigenvalue weighted by Crippen LogP contribution is -2.24. The monoisotopic (exact) mass is 539 g/mol. The molecule has 0 aliphatic heterocycles. The standard InChI is InChI=1S/C25H26BrN5O4/c1-32-18-7-5-15(20(11-18)34-3)13-31(14-16-6-8-19(33-2)12-21(16)35-4)25-24-17(9-22(26)28-25)10-23(27)29-30-24/h5-12H,13-14H2,1-4H3,(H2,27,29). The summed E-state index contributed by atoms with van der Waals surface area (Å²) in [5.41, 5.74) is 8.41. The first-order valence-corrected chi connectivity index (χ1v) is 11.5. The van der Waals surface area contributed by atoms with Gasteiger partial charge in [-0.25, -0.2) is 4.98 Å². The summed E-state index contributed by atoms with van der Waals surface area (Å²) < 4.78 is 22.7. The lowest BCUT2D eigenvalue weighted by atomic mass is 10.1. The summed E-state index contributed by atoms with van der Waals surface area (Å²) in [6.45, 7) is 0.930. The van der Waals surface area contributed by atoms with Gasteiger partial charge >= 0.3 is 0 Å². The first-order valence-electron chi connectivity index (χ1n) is 10.7. The van der Waals surface area contributed by atoms with Crippen LogP contribution in [0, 0.1) is 0 Å². The molecule has 2 N–H and O–H groups in total. The normalized spacial score (nSPS) is 10.8. The second kappa shape index (κ2) is 10.6. The number of halogens is 1. The topological polar surface area (TPSA) is 105 Å². The highest BCUT2D eigenvalue weighted by atomic mass is 79.9. The molecule has 9 nitrogen and oxygen atoms in total. The van der Waals surface area contributed by atoms with E-state index in [4.69, 9.17) is 29.7 Å². The molecule has 0 unspecified atom stereocenters. The quantitative estimate of drug-likeness (QED) is 0.305. The maximum Gasteiger partial charge on any atom is 0.159 e. The van der Waals surface area contributed by atoms with Crippen molar-refractivity contribution in [2.24, 2.45) is 0 Å². The lowest BCUT2D eigenvalue weighted by Gasteiger charge is -2.27. The Balaban J connectivity index is 1.85. The summed E-state index contributed by atoms with van der Waals surface area (Å²) >= 11 is 3.53. The summed E-state index contributed by atoms with van der Waals surface area (Å²) in [5.74, 6) is 3.79. The average Bonchev–Trinajstić information content (AvgIpc) is 2.87. The number of nitrogens with zero attached hydrogens (tertiary/aromatic N) is 4. The Morgan fingerprint density at radius 2 is 1.34 bits per heavy atom. The van der Waals surface area contributed by atoms with Crippen molar-refractivity contribution in [3.05, 3.63) is 64.3 Å². The average molecular weight is 540 g/mol. The maximum atomic E-state index is 5.90. The summed E-state index contributed by atoms with van der Waals surface area (Å²) in [5, 5.41) is 9.26. The van der Waals surface area contributed by atoms with E-state index in [0.717, 1.165) is 16.5 Å². The Morgan fingerprint density at radius 3 is 1.86 bits per heavy atom. The van der Waals surface area contributed by atoms with Crippen LogP contribution in [0.15, 0.2) is 53.1 Å². The molecule has 182 valence electrons. The summed E-state index contributed by atoms with van der Waals surface area (Å²) in [6, 6.07) is 15.1. The molecule has 4 aromatic rings. The van der Waals surface area contributed by atoms with Gasteiger partial charge in [0.15, 0.2) is 5.82 Å². The highest BCUT2D eigenvalue weighted by Crippen LogP contribution is 2.34. The van der Waals surface area contributed by atoms with Gasteiger partial charge in [-0.3, -0.25) is 0 Å². The Labute approximate surface area is 211 Å². The molecule has 0 spiro atoms. The highest BCUT2D eigenvalue weighted by molar-refractivity contribution is 9.10. The molecule has 0 atom stereocenters. The van der Waals surface area contributed by atoms with Crippen molar-refractivity contribution in [2.45, 2.75) is 13.1 Å². The van der Waals surface area contributed by atoms with E-state index < -0.39 is 0 Å². The molecule has 0 bridgehead atoms. The zero-order chi connectivity index (χ0) is 24.9.